The zero-order valence-corrected chi connectivity index (χ0v) is 12.8. The zero-order valence-electron chi connectivity index (χ0n) is 12.8. The minimum absolute atomic E-state index is 0.248. The van der Waals surface area contributed by atoms with E-state index in [1.807, 2.05) is 19.1 Å². The summed E-state index contributed by atoms with van der Waals surface area (Å²) in [5, 5.41) is 0. The van der Waals surface area contributed by atoms with Gasteiger partial charge in [-0.3, -0.25) is 4.90 Å². The van der Waals surface area contributed by atoms with E-state index in [1.165, 1.54) is 31.2 Å². The van der Waals surface area contributed by atoms with Crippen molar-refractivity contribution in [2.45, 2.75) is 38.6 Å². The molecule has 20 heavy (non-hydrogen) atoms. The van der Waals surface area contributed by atoms with Gasteiger partial charge in [0.05, 0.1) is 12.6 Å². The van der Waals surface area contributed by atoms with Crippen LogP contribution in [0, 0.1) is 5.92 Å². The molecule has 2 N–H and O–H groups in total. The Morgan fingerprint density at radius 1 is 1.30 bits per heavy atom. The molecule has 0 heterocycles. The van der Waals surface area contributed by atoms with Crippen molar-refractivity contribution in [3.63, 3.8) is 0 Å². The lowest BCUT2D eigenvalue weighted by Gasteiger charge is -2.30. The van der Waals surface area contributed by atoms with Crippen molar-refractivity contribution in [1.82, 2.24) is 4.90 Å². The standard InChI is InChI=1S/C17H28N2O/c1-3-20-17-11-7-6-10-15(17)16(12-18)19(2)13-14-8-4-5-9-14/h6-7,10-11,14,16H,3-5,8-9,12-13,18H2,1-2H3. The van der Waals surface area contributed by atoms with Crippen LogP contribution in [0.15, 0.2) is 24.3 Å². The third-order valence-electron chi connectivity index (χ3n) is 4.35. The SMILES string of the molecule is CCOc1ccccc1C(CN)N(C)CC1CCCC1. The quantitative estimate of drug-likeness (QED) is 0.831. The molecule has 1 aliphatic rings. The molecule has 0 saturated heterocycles. The van der Waals surface area contributed by atoms with Gasteiger partial charge in [-0.25, -0.2) is 0 Å². The number of nitrogens with zero attached hydrogens (tertiary/aromatic N) is 1. The summed E-state index contributed by atoms with van der Waals surface area (Å²) in [6.45, 7) is 4.49. The van der Waals surface area contributed by atoms with Crippen LogP contribution in [0.3, 0.4) is 0 Å². The van der Waals surface area contributed by atoms with Crippen molar-refractivity contribution in [3.05, 3.63) is 29.8 Å². The maximum absolute atomic E-state index is 6.05. The molecule has 0 amide bonds. The van der Waals surface area contributed by atoms with Gasteiger partial charge in [0.25, 0.3) is 0 Å². The Hall–Kier alpha value is -1.06. The van der Waals surface area contributed by atoms with Crippen molar-refractivity contribution in [2.75, 3.05) is 26.7 Å². The monoisotopic (exact) mass is 276 g/mol. The number of hydrogen-bond donors (Lipinski definition) is 1. The molecule has 3 nitrogen and oxygen atoms in total. The lowest BCUT2D eigenvalue weighted by molar-refractivity contribution is 0.207. The number of hydrogen-bond acceptors (Lipinski definition) is 3. The minimum atomic E-state index is 0.248. The third-order valence-corrected chi connectivity index (χ3v) is 4.35. The average Bonchev–Trinajstić information content (AvgIpc) is 2.94. The van der Waals surface area contributed by atoms with Gasteiger partial charge in [0, 0.05) is 18.7 Å². The number of para-hydroxylation sites is 1. The van der Waals surface area contributed by atoms with Crippen LogP contribution in [-0.4, -0.2) is 31.6 Å². The van der Waals surface area contributed by atoms with Gasteiger partial charge >= 0.3 is 0 Å². The summed E-state index contributed by atoms with van der Waals surface area (Å²) in [4.78, 5) is 2.41. The van der Waals surface area contributed by atoms with Crippen molar-refractivity contribution >= 4 is 0 Å². The second-order valence-corrected chi connectivity index (χ2v) is 5.81. The first kappa shape index (κ1) is 15.3. The fourth-order valence-corrected chi connectivity index (χ4v) is 3.31. The lowest BCUT2D eigenvalue weighted by Crippen LogP contribution is -2.34. The molecule has 3 heteroatoms. The Kier molecular flexibility index (Phi) is 5.86. The van der Waals surface area contributed by atoms with Crippen LogP contribution >= 0.6 is 0 Å². The van der Waals surface area contributed by atoms with Gasteiger partial charge in [0.15, 0.2) is 0 Å². The molecule has 1 aliphatic carbocycles. The largest absolute Gasteiger partial charge is 0.494 e. The Balaban J connectivity index is 2.09. The molecule has 1 saturated carbocycles. The van der Waals surface area contributed by atoms with Gasteiger partial charge in [0.1, 0.15) is 5.75 Å². The van der Waals surface area contributed by atoms with Crippen molar-refractivity contribution in [2.24, 2.45) is 11.7 Å². The minimum Gasteiger partial charge on any atom is -0.494 e. The molecule has 0 radical (unpaired) electrons. The van der Waals surface area contributed by atoms with E-state index in [-0.39, 0.29) is 6.04 Å². The van der Waals surface area contributed by atoms with Crippen LogP contribution < -0.4 is 10.5 Å². The highest BCUT2D eigenvalue weighted by Crippen LogP contribution is 2.31. The molecule has 0 aromatic heterocycles. The zero-order chi connectivity index (χ0) is 14.4. The lowest BCUT2D eigenvalue weighted by atomic mass is 10.0. The summed E-state index contributed by atoms with van der Waals surface area (Å²) >= 11 is 0. The number of benzene rings is 1. The summed E-state index contributed by atoms with van der Waals surface area (Å²) < 4.78 is 5.76. The molecule has 1 aromatic rings. The molecule has 1 aromatic carbocycles. The molecule has 1 unspecified atom stereocenters. The van der Waals surface area contributed by atoms with Gasteiger partial charge in [0.2, 0.25) is 0 Å². The molecule has 2 rings (SSSR count). The van der Waals surface area contributed by atoms with Crippen molar-refractivity contribution < 1.29 is 4.74 Å². The highest BCUT2D eigenvalue weighted by Gasteiger charge is 2.23. The van der Waals surface area contributed by atoms with Crippen LogP contribution in [0.5, 0.6) is 5.75 Å². The van der Waals surface area contributed by atoms with Gasteiger partial charge in [-0.15, -0.1) is 0 Å². The van der Waals surface area contributed by atoms with E-state index < -0.39 is 0 Å². The van der Waals surface area contributed by atoms with Crippen LogP contribution in [-0.2, 0) is 0 Å². The summed E-state index contributed by atoms with van der Waals surface area (Å²) in [6, 6.07) is 8.54. The fourth-order valence-electron chi connectivity index (χ4n) is 3.31. The first-order valence-corrected chi connectivity index (χ1v) is 7.88. The average molecular weight is 276 g/mol. The molecule has 1 atom stereocenters. The van der Waals surface area contributed by atoms with E-state index in [1.54, 1.807) is 0 Å². The second kappa shape index (κ2) is 7.65. The predicted molar refractivity (Wildman–Crippen MR) is 84.0 cm³/mol. The van der Waals surface area contributed by atoms with E-state index in [0.29, 0.717) is 13.2 Å². The number of ether oxygens (including phenoxy) is 1. The number of rotatable bonds is 7. The molecular weight excluding hydrogens is 248 g/mol. The van der Waals surface area contributed by atoms with Gasteiger partial charge < -0.3 is 10.5 Å². The Bertz CT molecular complexity index is 402. The molecule has 112 valence electrons. The predicted octanol–water partition coefficient (Wildman–Crippen LogP) is 3.21. The van der Waals surface area contributed by atoms with E-state index in [2.05, 4.69) is 24.1 Å². The highest BCUT2D eigenvalue weighted by atomic mass is 16.5. The van der Waals surface area contributed by atoms with Gasteiger partial charge in [-0.05, 0) is 38.8 Å². The molecule has 0 aliphatic heterocycles. The molecular formula is C17H28N2O. The fraction of sp³-hybridized carbons (Fsp3) is 0.647. The van der Waals surface area contributed by atoms with E-state index in [9.17, 15) is 0 Å². The third kappa shape index (κ3) is 3.74. The molecule has 0 spiro atoms. The highest BCUT2D eigenvalue weighted by molar-refractivity contribution is 5.36. The maximum Gasteiger partial charge on any atom is 0.124 e. The molecule has 1 fully saturated rings. The topological polar surface area (TPSA) is 38.5 Å². The summed E-state index contributed by atoms with van der Waals surface area (Å²) in [7, 11) is 2.19. The number of likely N-dealkylation sites (N-methyl/N-ethyl adjacent to an activating group) is 1. The smallest absolute Gasteiger partial charge is 0.124 e. The first-order valence-electron chi connectivity index (χ1n) is 7.88. The summed E-state index contributed by atoms with van der Waals surface area (Å²) in [5.74, 6) is 1.82. The van der Waals surface area contributed by atoms with E-state index >= 15 is 0 Å². The van der Waals surface area contributed by atoms with Crippen molar-refractivity contribution in [3.8, 4) is 5.75 Å². The van der Waals surface area contributed by atoms with Crippen molar-refractivity contribution in [1.29, 1.82) is 0 Å². The molecule has 0 bridgehead atoms. The summed E-state index contributed by atoms with van der Waals surface area (Å²) in [5.41, 5.74) is 7.27. The Labute approximate surface area is 123 Å². The van der Waals surface area contributed by atoms with Gasteiger partial charge in [-0.1, -0.05) is 31.0 Å². The second-order valence-electron chi connectivity index (χ2n) is 5.81. The van der Waals surface area contributed by atoms with Crippen LogP contribution in [0.4, 0.5) is 0 Å². The Morgan fingerprint density at radius 3 is 2.65 bits per heavy atom. The van der Waals surface area contributed by atoms with Crippen LogP contribution in [0.2, 0.25) is 0 Å². The Morgan fingerprint density at radius 2 is 2.00 bits per heavy atom. The first-order chi connectivity index (χ1) is 9.76. The van der Waals surface area contributed by atoms with Crippen LogP contribution in [0.25, 0.3) is 0 Å². The van der Waals surface area contributed by atoms with E-state index in [4.69, 9.17) is 10.5 Å². The van der Waals surface area contributed by atoms with Crippen LogP contribution in [0.1, 0.15) is 44.2 Å². The maximum atomic E-state index is 6.05. The summed E-state index contributed by atoms with van der Waals surface area (Å²) in [6.07, 6.45) is 5.52. The number of nitrogens with two attached hydrogens (primary N) is 1. The van der Waals surface area contributed by atoms with E-state index in [0.717, 1.165) is 18.2 Å². The normalized spacial score (nSPS) is 17.6. The van der Waals surface area contributed by atoms with Gasteiger partial charge in [-0.2, -0.15) is 0 Å².